The molecular formula is C17H22F3N3OS. The molecule has 0 bridgehead atoms. The van der Waals surface area contributed by atoms with Crippen LogP contribution in [0.15, 0.2) is 17.0 Å². The summed E-state index contributed by atoms with van der Waals surface area (Å²) in [7, 11) is 0. The maximum Gasteiger partial charge on any atom is 0.433 e. The molecule has 1 spiro atoms. The van der Waals surface area contributed by atoms with Gasteiger partial charge in [-0.1, -0.05) is 0 Å². The maximum absolute atomic E-state index is 12.7. The normalized spacial score (nSPS) is 25.0. The first kappa shape index (κ1) is 17.6. The SMILES string of the molecule is Cc1nc(C(F)(F)F)ccc1SN1CC2(C1)CN(C1CCOCC1)C2. The molecule has 0 N–H and O–H groups in total. The Bertz CT molecular complexity index is 635. The van der Waals surface area contributed by atoms with Gasteiger partial charge in [0.1, 0.15) is 5.69 Å². The van der Waals surface area contributed by atoms with Gasteiger partial charge in [-0.15, -0.1) is 0 Å². The summed E-state index contributed by atoms with van der Waals surface area (Å²) >= 11 is 1.53. The molecule has 0 saturated carbocycles. The summed E-state index contributed by atoms with van der Waals surface area (Å²) in [5.41, 5.74) is 0.0113. The Balaban J connectivity index is 1.28. The van der Waals surface area contributed by atoms with Crippen molar-refractivity contribution in [1.82, 2.24) is 14.2 Å². The summed E-state index contributed by atoms with van der Waals surface area (Å²) < 4.78 is 45.7. The van der Waals surface area contributed by atoms with Crippen molar-refractivity contribution < 1.29 is 17.9 Å². The molecular weight excluding hydrogens is 351 g/mol. The van der Waals surface area contributed by atoms with Crippen molar-refractivity contribution in [3.05, 3.63) is 23.5 Å². The van der Waals surface area contributed by atoms with E-state index in [2.05, 4.69) is 14.2 Å². The Morgan fingerprint density at radius 3 is 2.44 bits per heavy atom. The van der Waals surface area contributed by atoms with Crippen molar-refractivity contribution in [3.8, 4) is 0 Å². The number of hydrogen-bond donors (Lipinski definition) is 0. The van der Waals surface area contributed by atoms with Gasteiger partial charge in [-0.2, -0.15) is 13.2 Å². The molecule has 4 nitrogen and oxygen atoms in total. The lowest BCUT2D eigenvalue weighted by Gasteiger charge is -2.62. The third kappa shape index (κ3) is 3.54. The van der Waals surface area contributed by atoms with E-state index in [4.69, 9.17) is 4.74 Å². The van der Waals surface area contributed by atoms with Crippen LogP contribution in [0.2, 0.25) is 0 Å². The van der Waals surface area contributed by atoms with Gasteiger partial charge in [0, 0.05) is 55.7 Å². The second kappa shape index (κ2) is 6.40. The third-order valence-electron chi connectivity index (χ3n) is 5.36. The van der Waals surface area contributed by atoms with Gasteiger partial charge in [0.15, 0.2) is 0 Å². The Kier molecular flexibility index (Phi) is 4.50. The molecule has 1 aromatic heterocycles. The van der Waals surface area contributed by atoms with Crippen LogP contribution >= 0.6 is 11.9 Å². The van der Waals surface area contributed by atoms with Gasteiger partial charge in [0.2, 0.25) is 0 Å². The molecule has 0 aliphatic carbocycles. The number of nitrogens with zero attached hydrogens (tertiary/aromatic N) is 3. The molecule has 0 amide bonds. The van der Waals surface area contributed by atoms with Crippen LogP contribution in [0.3, 0.4) is 0 Å². The van der Waals surface area contributed by atoms with Crippen LogP contribution in [0.25, 0.3) is 0 Å². The highest BCUT2D eigenvalue weighted by atomic mass is 32.2. The minimum absolute atomic E-state index is 0.387. The lowest BCUT2D eigenvalue weighted by molar-refractivity contribution is -0.141. The number of pyridine rings is 1. The highest BCUT2D eigenvalue weighted by Crippen LogP contribution is 2.46. The fourth-order valence-electron chi connectivity index (χ4n) is 4.03. The number of rotatable bonds is 3. The van der Waals surface area contributed by atoms with Crippen LogP contribution in [0.1, 0.15) is 24.2 Å². The van der Waals surface area contributed by atoms with Crippen LogP contribution in [-0.4, -0.2) is 59.6 Å². The van der Waals surface area contributed by atoms with E-state index in [1.54, 1.807) is 6.92 Å². The number of ether oxygens (including phenoxy) is 1. The molecule has 0 aromatic carbocycles. The molecule has 8 heteroatoms. The number of aromatic nitrogens is 1. The van der Waals surface area contributed by atoms with Crippen molar-refractivity contribution in [1.29, 1.82) is 0 Å². The number of likely N-dealkylation sites (tertiary alicyclic amines) is 1. The fourth-order valence-corrected chi connectivity index (χ4v) is 5.29. The van der Waals surface area contributed by atoms with Crippen molar-refractivity contribution in [2.75, 3.05) is 39.4 Å². The maximum atomic E-state index is 12.7. The fraction of sp³-hybridized carbons (Fsp3) is 0.706. The van der Waals surface area contributed by atoms with E-state index in [1.165, 1.54) is 18.0 Å². The third-order valence-corrected chi connectivity index (χ3v) is 6.51. The minimum atomic E-state index is -4.38. The van der Waals surface area contributed by atoms with Crippen molar-refractivity contribution in [2.24, 2.45) is 5.41 Å². The van der Waals surface area contributed by atoms with E-state index >= 15 is 0 Å². The Hall–Kier alpha value is -0.830. The lowest BCUT2D eigenvalue weighted by atomic mass is 9.73. The molecule has 3 saturated heterocycles. The summed E-state index contributed by atoms with van der Waals surface area (Å²) in [4.78, 5) is 7.08. The Morgan fingerprint density at radius 2 is 1.84 bits per heavy atom. The Labute approximate surface area is 149 Å². The van der Waals surface area contributed by atoms with Crippen LogP contribution in [-0.2, 0) is 10.9 Å². The summed E-state index contributed by atoms with van der Waals surface area (Å²) in [6, 6.07) is 3.28. The zero-order valence-electron chi connectivity index (χ0n) is 14.2. The number of hydrogen-bond acceptors (Lipinski definition) is 5. The molecule has 4 heterocycles. The highest BCUT2D eigenvalue weighted by molar-refractivity contribution is 7.97. The summed E-state index contributed by atoms with van der Waals surface area (Å²) in [6.07, 6.45) is -2.12. The molecule has 0 atom stereocenters. The van der Waals surface area contributed by atoms with Gasteiger partial charge in [-0.3, -0.25) is 4.90 Å². The van der Waals surface area contributed by atoms with Gasteiger partial charge >= 0.3 is 6.18 Å². The molecule has 138 valence electrons. The molecule has 0 radical (unpaired) electrons. The van der Waals surface area contributed by atoms with Gasteiger partial charge in [0.05, 0.1) is 5.69 Å². The first-order chi connectivity index (χ1) is 11.8. The average molecular weight is 373 g/mol. The van der Waals surface area contributed by atoms with E-state index in [0.717, 1.165) is 63.2 Å². The quantitative estimate of drug-likeness (QED) is 0.759. The molecule has 3 fully saturated rings. The number of halogens is 3. The minimum Gasteiger partial charge on any atom is -0.381 e. The average Bonchev–Trinajstić information content (AvgIpc) is 2.49. The topological polar surface area (TPSA) is 28.6 Å². The number of alkyl halides is 3. The molecule has 0 unspecified atom stereocenters. The largest absolute Gasteiger partial charge is 0.433 e. The molecule has 3 aliphatic heterocycles. The smallest absolute Gasteiger partial charge is 0.381 e. The van der Waals surface area contributed by atoms with Crippen molar-refractivity contribution in [2.45, 2.75) is 36.9 Å². The van der Waals surface area contributed by atoms with Crippen LogP contribution < -0.4 is 0 Å². The Morgan fingerprint density at radius 1 is 1.16 bits per heavy atom. The first-order valence-corrected chi connectivity index (χ1v) is 9.42. The summed E-state index contributed by atoms with van der Waals surface area (Å²) in [6.45, 7) is 7.66. The van der Waals surface area contributed by atoms with E-state index in [-0.39, 0.29) is 0 Å². The summed E-state index contributed by atoms with van der Waals surface area (Å²) in [5, 5.41) is 0. The van der Waals surface area contributed by atoms with Gasteiger partial charge in [-0.25, -0.2) is 9.29 Å². The van der Waals surface area contributed by atoms with E-state index in [9.17, 15) is 13.2 Å². The van der Waals surface area contributed by atoms with Gasteiger partial charge in [0.25, 0.3) is 0 Å². The second-order valence-corrected chi connectivity index (χ2v) is 8.55. The predicted octanol–water partition coefficient (Wildman–Crippen LogP) is 3.21. The predicted molar refractivity (Wildman–Crippen MR) is 89.3 cm³/mol. The first-order valence-electron chi connectivity index (χ1n) is 8.64. The molecule has 25 heavy (non-hydrogen) atoms. The zero-order valence-corrected chi connectivity index (χ0v) is 15.0. The van der Waals surface area contributed by atoms with Gasteiger partial charge < -0.3 is 4.74 Å². The van der Waals surface area contributed by atoms with E-state index in [0.29, 0.717) is 17.2 Å². The highest BCUT2D eigenvalue weighted by Gasteiger charge is 2.53. The lowest BCUT2D eigenvalue weighted by Crippen LogP contribution is -2.72. The molecule has 4 rings (SSSR count). The van der Waals surface area contributed by atoms with Crippen LogP contribution in [0.4, 0.5) is 13.2 Å². The van der Waals surface area contributed by atoms with Crippen molar-refractivity contribution >= 4 is 11.9 Å². The molecule has 3 aliphatic rings. The van der Waals surface area contributed by atoms with E-state index < -0.39 is 11.9 Å². The second-order valence-electron chi connectivity index (χ2n) is 7.42. The van der Waals surface area contributed by atoms with Crippen molar-refractivity contribution in [3.63, 3.8) is 0 Å². The standard InChI is InChI=1S/C17H22F3N3OS/c1-12-14(2-3-15(21-12)17(18,19)20)25-23-10-16(11-23)8-22(9-16)13-4-6-24-7-5-13/h2-3,13H,4-11H2,1H3. The van der Waals surface area contributed by atoms with Gasteiger partial charge in [-0.05, 0) is 43.8 Å². The molecule has 1 aromatic rings. The monoisotopic (exact) mass is 373 g/mol. The number of aryl methyl sites for hydroxylation is 1. The zero-order chi connectivity index (χ0) is 17.7. The van der Waals surface area contributed by atoms with Crippen LogP contribution in [0, 0.1) is 12.3 Å². The van der Waals surface area contributed by atoms with Crippen LogP contribution in [0.5, 0.6) is 0 Å². The summed E-state index contributed by atoms with van der Waals surface area (Å²) in [5.74, 6) is 0. The van der Waals surface area contributed by atoms with E-state index in [1.807, 2.05) is 0 Å².